The van der Waals surface area contributed by atoms with E-state index in [4.69, 9.17) is 11.5 Å². The lowest BCUT2D eigenvalue weighted by Crippen LogP contribution is -2.40. The van der Waals surface area contributed by atoms with Crippen LogP contribution >= 0.6 is 0 Å². The molecule has 1 atom stereocenters. The number of hydrogen-bond acceptors (Lipinski definition) is 9. The number of nitrogen functional groups attached to an aromatic ring is 1. The zero-order valence-corrected chi connectivity index (χ0v) is 16.5. The Kier molecular flexibility index (Phi) is 7.45. The van der Waals surface area contributed by atoms with Crippen LogP contribution in [0.15, 0.2) is 55.1 Å². The van der Waals surface area contributed by atoms with Crippen LogP contribution in [0.25, 0.3) is 0 Å². The monoisotopic (exact) mass is 407 g/mol. The number of aromatic nitrogens is 4. The molecule has 1 amide bonds. The minimum atomic E-state index is -0.553. The fraction of sp³-hybridized carbons (Fsp3) is 0.250. The molecule has 0 spiro atoms. The summed E-state index contributed by atoms with van der Waals surface area (Å²) >= 11 is 0. The molecule has 0 aliphatic rings. The topological polar surface area (TPSA) is 157 Å². The quantitative estimate of drug-likeness (QED) is 0.314. The highest BCUT2D eigenvalue weighted by Crippen LogP contribution is 2.14. The lowest BCUT2D eigenvalue weighted by molar-refractivity contribution is -0.122. The van der Waals surface area contributed by atoms with Crippen LogP contribution in [-0.2, 0) is 11.3 Å². The number of carbonyl (C=O) groups excluding carboxylic acids is 1. The van der Waals surface area contributed by atoms with Gasteiger partial charge in [0.05, 0.1) is 18.4 Å². The first kappa shape index (κ1) is 20.9. The van der Waals surface area contributed by atoms with Crippen LogP contribution in [0.5, 0.6) is 0 Å². The highest BCUT2D eigenvalue weighted by Gasteiger charge is 2.12. The number of nitrogens with one attached hydrogen (secondary N) is 3. The molecule has 0 aliphatic heterocycles. The Hall–Kier alpha value is -3.79. The van der Waals surface area contributed by atoms with E-state index >= 15 is 0 Å². The Bertz CT molecular complexity index is 935. The maximum Gasteiger partial charge on any atom is 0.237 e. The maximum atomic E-state index is 12.1. The summed E-state index contributed by atoms with van der Waals surface area (Å²) in [5.74, 6) is 1.94. The van der Waals surface area contributed by atoms with Gasteiger partial charge in [-0.1, -0.05) is 30.3 Å². The molecular formula is C20H25N9O. The minimum Gasteiger partial charge on any atom is -0.382 e. The largest absolute Gasteiger partial charge is 0.382 e. The first-order valence-electron chi connectivity index (χ1n) is 9.58. The zero-order chi connectivity index (χ0) is 21.2. The summed E-state index contributed by atoms with van der Waals surface area (Å²) in [6, 6.07) is 10.9. The summed E-state index contributed by atoms with van der Waals surface area (Å²) in [7, 11) is 0. The predicted molar refractivity (Wildman–Crippen MR) is 116 cm³/mol. The highest BCUT2D eigenvalue weighted by atomic mass is 16.2. The van der Waals surface area contributed by atoms with Gasteiger partial charge < -0.3 is 27.4 Å². The van der Waals surface area contributed by atoms with Crippen LogP contribution < -0.4 is 27.4 Å². The third kappa shape index (κ3) is 6.67. The van der Waals surface area contributed by atoms with Crippen molar-refractivity contribution in [2.75, 3.05) is 22.9 Å². The lowest BCUT2D eigenvalue weighted by atomic mass is 10.1. The van der Waals surface area contributed by atoms with E-state index in [1.807, 2.05) is 30.3 Å². The van der Waals surface area contributed by atoms with Crippen molar-refractivity contribution in [3.8, 4) is 0 Å². The predicted octanol–water partition coefficient (Wildman–Crippen LogP) is 1.43. The molecular weight excluding hydrogens is 382 g/mol. The molecule has 0 radical (unpaired) electrons. The van der Waals surface area contributed by atoms with E-state index in [0.717, 1.165) is 12.0 Å². The van der Waals surface area contributed by atoms with Crippen molar-refractivity contribution in [1.82, 2.24) is 25.3 Å². The fourth-order valence-corrected chi connectivity index (χ4v) is 2.64. The van der Waals surface area contributed by atoms with Crippen LogP contribution in [-0.4, -0.2) is 38.4 Å². The minimum absolute atomic E-state index is 0.156. The Morgan fingerprint density at radius 1 is 1.00 bits per heavy atom. The molecule has 3 rings (SSSR count). The maximum absolute atomic E-state index is 12.1. The van der Waals surface area contributed by atoms with Crippen LogP contribution in [0.1, 0.15) is 18.4 Å². The number of rotatable bonds is 10. The molecule has 0 saturated heterocycles. The number of benzene rings is 1. The molecule has 1 aromatic carbocycles. The van der Waals surface area contributed by atoms with Gasteiger partial charge in [0.15, 0.2) is 0 Å². The van der Waals surface area contributed by atoms with E-state index < -0.39 is 6.04 Å². The molecule has 0 aliphatic carbocycles. The van der Waals surface area contributed by atoms with Crippen molar-refractivity contribution < 1.29 is 4.79 Å². The summed E-state index contributed by atoms with van der Waals surface area (Å²) in [5, 5.41) is 9.09. The molecule has 7 N–H and O–H groups in total. The van der Waals surface area contributed by atoms with E-state index in [0.29, 0.717) is 42.8 Å². The number of amides is 1. The normalized spacial score (nSPS) is 11.5. The summed E-state index contributed by atoms with van der Waals surface area (Å²) in [6.07, 6.45) is 5.70. The highest BCUT2D eigenvalue weighted by molar-refractivity contribution is 5.81. The van der Waals surface area contributed by atoms with Crippen molar-refractivity contribution in [2.45, 2.75) is 25.4 Å². The Labute approximate surface area is 174 Å². The number of anilines is 4. The third-order valence-corrected chi connectivity index (χ3v) is 4.24. The first-order valence-corrected chi connectivity index (χ1v) is 9.58. The average molecular weight is 407 g/mol. The molecule has 2 heterocycles. The van der Waals surface area contributed by atoms with Gasteiger partial charge in [-0.2, -0.15) is 0 Å². The Morgan fingerprint density at radius 2 is 1.80 bits per heavy atom. The SMILES string of the molecule is Nc1cnc(Nc2cc(NCCC[C@H](N)C(=O)NCc3ccccc3)ncn2)cn1. The second-order valence-electron chi connectivity index (χ2n) is 6.62. The molecule has 2 aromatic heterocycles. The molecule has 156 valence electrons. The summed E-state index contributed by atoms with van der Waals surface area (Å²) in [6.45, 7) is 1.10. The van der Waals surface area contributed by atoms with Crippen LogP contribution in [0, 0.1) is 0 Å². The average Bonchev–Trinajstić information content (AvgIpc) is 2.77. The van der Waals surface area contributed by atoms with E-state index in [9.17, 15) is 4.79 Å². The molecule has 10 nitrogen and oxygen atoms in total. The molecule has 0 fully saturated rings. The van der Waals surface area contributed by atoms with Gasteiger partial charge in [0.25, 0.3) is 0 Å². The Morgan fingerprint density at radius 3 is 2.57 bits per heavy atom. The van der Waals surface area contributed by atoms with Gasteiger partial charge in [-0.25, -0.2) is 19.9 Å². The molecule has 0 bridgehead atoms. The van der Waals surface area contributed by atoms with Gasteiger partial charge in [-0.15, -0.1) is 0 Å². The van der Waals surface area contributed by atoms with Gasteiger partial charge in [0.1, 0.15) is 29.6 Å². The smallest absolute Gasteiger partial charge is 0.237 e. The second kappa shape index (κ2) is 10.7. The van der Waals surface area contributed by atoms with Crippen molar-refractivity contribution in [1.29, 1.82) is 0 Å². The first-order chi connectivity index (χ1) is 14.6. The fourth-order valence-electron chi connectivity index (χ4n) is 2.64. The van der Waals surface area contributed by atoms with Gasteiger partial charge in [0.2, 0.25) is 5.91 Å². The van der Waals surface area contributed by atoms with E-state index in [2.05, 4.69) is 35.9 Å². The van der Waals surface area contributed by atoms with E-state index in [1.165, 1.54) is 18.7 Å². The van der Waals surface area contributed by atoms with Gasteiger partial charge in [-0.3, -0.25) is 4.79 Å². The molecule has 0 saturated carbocycles. The van der Waals surface area contributed by atoms with Crippen LogP contribution in [0.4, 0.5) is 23.3 Å². The number of nitrogens with two attached hydrogens (primary N) is 2. The van der Waals surface area contributed by atoms with E-state index in [1.54, 1.807) is 6.07 Å². The number of hydrogen-bond donors (Lipinski definition) is 5. The second-order valence-corrected chi connectivity index (χ2v) is 6.62. The van der Waals surface area contributed by atoms with Crippen molar-refractivity contribution >= 4 is 29.2 Å². The lowest BCUT2D eigenvalue weighted by Gasteiger charge is -2.13. The molecule has 3 aromatic rings. The summed E-state index contributed by atoms with van der Waals surface area (Å²) in [5.41, 5.74) is 12.5. The van der Waals surface area contributed by atoms with Gasteiger partial charge in [0, 0.05) is 19.2 Å². The zero-order valence-electron chi connectivity index (χ0n) is 16.5. The van der Waals surface area contributed by atoms with Gasteiger partial charge >= 0.3 is 0 Å². The Balaban J connectivity index is 1.38. The summed E-state index contributed by atoms with van der Waals surface area (Å²) < 4.78 is 0. The molecule has 10 heteroatoms. The van der Waals surface area contributed by atoms with Crippen molar-refractivity contribution in [2.24, 2.45) is 5.73 Å². The third-order valence-electron chi connectivity index (χ3n) is 4.24. The van der Waals surface area contributed by atoms with Crippen LogP contribution in [0.3, 0.4) is 0 Å². The van der Waals surface area contributed by atoms with Crippen molar-refractivity contribution in [3.63, 3.8) is 0 Å². The number of carbonyl (C=O) groups is 1. The standard InChI is InChI=1S/C20H25N9O/c21-15(20(30)26-10-14-5-2-1-3-6-14)7-4-8-23-17-9-18(28-13-27-17)29-19-12-24-16(22)11-25-19/h1-3,5-6,9,11-13,15H,4,7-8,10,21H2,(H2,22,24)(H,26,30)(H2,23,25,27,28,29)/t15-/m0/s1. The van der Waals surface area contributed by atoms with Gasteiger partial charge in [-0.05, 0) is 18.4 Å². The summed E-state index contributed by atoms with van der Waals surface area (Å²) in [4.78, 5) is 28.5. The van der Waals surface area contributed by atoms with E-state index in [-0.39, 0.29) is 5.91 Å². The number of nitrogens with zero attached hydrogens (tertiary/aromatic N) is 4. The van der Waals surface area contributed by atoms with Crippen molar-refractivity contribution in [3.05, 3.63) is 60.7 Å². The molecule has 30 heavy (non-hydrogen) atoms. The molecule has 0 unspecified atom stereocenters. The van der Waals surface area contributed by atoms with Crippen LogP contribution in [0.2, 0.25) is 0 Å².